The molecule has 4 atom stereocenters. The third-order valence-electron chi connectivity index (χ3n) is 2.30. The molecule has 0 bridgehead atoms. The predicted molar refractivity (Wildman–Crippen MR) is 60.0 cm³/mol. The van der Waals surface area contributed by atoms with Gasteiger partial charge in [-0.05, 0) is 0 Å². The number of hydrogen-bond donors (Lipinski definition) is 3. The molecule has 1 aliphatic rings. The van der Waals surface area contributed by atoms with Gasteiger partial charge in [0, 0.05) is 13.8 Å². The Kier molecular flexibility index (Phi) is 5.63. The Morgan fingerprint density at radius 3 is 2.10 bits per heavy atom. The molecule has 0 aromatic carbocycles. The third kappa shape index (κ3) is 5.16. The van der Waals surface area contributed by atoms with Crippen molar-refractivity contribution in [2.24, 2.45) is 0 Å². The molecule has 1 aliphatic heterocycles. The quantitative estimate of drug-likeness (QED) is 0.412. The van der Waals surface area contributed by atoms with Gasteiger partial charge in [-0.15, -0.1) is 0 Å². The van der Waals surface area contributed by atoms with Crippen molar-refractivity contribution in [3.63, 3.8) is 0 Å². The molecule has 0 aliphatic carbocycles. The SMILES string of the molecule is CC(=O)O[C@H]1[C@H](OC(C)=O)C(O)O[C@@H]1COP(=O)(O)O. The summed E-state index contributed by atoms with van der Waals surface area (Å²) >= 11 is 0. The van der Waals surface area contributed by atoms with Crippen LogP contribution in [-0.2, 0) is 32.9 Å². The summed E-state index contributed by atoms with van der Waals surface area (Å²) in [5.41, 5.74) is 0. The number of hydrogen-bond acceptors (Lipinski definition) is 8. The molecular formula is C9H15O10P. The van der Waals surface area contributed by atoms with Crippen LogP contribution in [-0.4, -0.2) is 58.0 Å². The van der Waals surface area contributed by atoms with Gasteiger partial charge in [0.25, 0.3) is 0 Å². The van der Waals surface area contributed by atoms with E-state index < -0.39 is 51.0 Å². The van der Waals surface area contributed by atoms with Gasteiger partial charge in [-0.25, -0.2) is 4.57 Å². The minimum atomic E-state index is -4.76. The van der Waals surface area contributed by atoms with E-state index in [4.69, 9.17) is 24.0 Å². The molecule has 0 saturated carbocycles. The van der Waals surface area contributed by atoms with E-state index in [1.54, 1.807) is 0 Å². The van der Waals surface area contributed by atoms with Crippen molar-refractivity contribution in [1.82, 2.24) is 0 Å². The van der Waals surface area contributed by atoms with Crippen LogP contribution in [0.1, 0.15) is 13.8 Å². The third-order valence-corrected chi connectivity index (χ3v) is 2.78. The lowest BCUT2D eigenvalue weighted by Gasteiger charge is -2.22. The van der Waals surface area contributed by atoms with Gasteiger partial charge < -0.3 is 29.1 Å². The molecule has 0 radical (unpaired) electrons. The first-order valence-corrected chi connectivity index (χ1v) is 7.01. The maximum Gasteiger partial charge on any atom is 0.469 e. The van der Waals surface area contributed by atoms with E-state index >= 15 is 0 Å². The average Bonchev–Trinajstić information content (AvgIpc) is 2.52. The van der Waals surface area contributed by atoms with Gasteiger partial charge in [-0.2, -0.15) is 0 Å². The first kappa shape index (κ1) is 17.0. The van der Waals surface area contributed by atoms with Gasteiger partial charge in [0.15, 0.2) is 18.5 Å². The van der Waals surface area contributed by atoms with Crippen LogP contribution in [0, 0.1) is 0 Å². The van der Waals surface area contributed by atoms with Crippen LogP contribution < -0.4 is 0 Å². The molecule has 0 amide bonds. The number of ether oxygens (including phenoxy) is 3. The van der Waals surface area contributed by atoms with Crippen LogP contribution >= 0.6 is 7.82 Å². The standard InChI is InChI=1S/C9H15O10P/c1-4(10)17-7-6(3-16-20(13,14)15)19-9(12)8(7)18-5(2)11/h6-9,12H,3H2,1-2H3,(H2,13,14,15)/t6-,7-,8+,9?/m1/s1. The van der Waals surface area contributed by atoms with E-state index in [0.29, 0.717) is 0 Å². The maximum atomic E-state index is 11.0. The number of aliphatic hydroxyl groups excluding tert-OH is 1. The fraction of sp³-hybridized carbons (Fsp3) is 0.778. The summed E-state index contributed by atoms with van der Waals surface area (Å²) in [6, 6.07) is 0. The molecule has 116 valence electrons. The minimum Gasteiger partial charge on any atom is -0.455 e. The second kappa shape index (κ2) is 6.61. The van der Waals surface area contributed by atoms with Crippen molar-refractivity contribution < 1.29 is 47.8 Å². The summed E-state index contributed by atoms with van der Waals surface area (Å²) in [6.45, 7) is 1.50. The van der Waals surface area contributed by atoms with Gasteiger partial charge in [0.05, 0.1) is 6.61 Å². The van der Waals surface area contributed by atoms with E-state index in [1.165, 1.54) is 0 Å². The minimum absolute atomic E-state index is 0.656. The smallest absolute Gasteiger partial charge is 0.455 e. The van der Waals surface area contributed by atoms with Crippen LogP contribution in [0.15, 0.2) is 0 Å². The summed E-state index contributed by atoms with van der Waals surface area (Å²) in [5.74, 6) is -1.49. The Morgan fingerprint density at radius 1 is 1.15 bits per heavy atom. The molecule has 1 rings (SSSR count). The molecule has 0 aromatic rings. The number of phosphoric acid groups is 1. The second-order valence-corrected chi connectivity index (χ2v) is 5.24. The number of rotatable bonds is 5. The lowest BCUT2D eigenvalue weighted by Crippen LogP contribution is -2.40. The fourth-order valence-corrected chi connectivity index (χ4v) is 2.01. The molecule has 0 aromatic heterocycles. The maximum absolute atomic E-state index is 11.0. The van der Waals surface area contributed by atoms with Gasteiger partial charge >= 0.3 is 19.8 Å². The molecular weight excluding hydrogens is 299 g/mol. The van der Waals surface area contributed by atoms with Crippen LogP contribution in [0.5, 0.6) is 0 Å². The molecule has 11 heteroatoms. The monoisotopic (exact) mass is 314 g/mol. The highest BCUT2D eigenvalue weighted by molar-refractivity contribution is 7.46. The van der Waals surface area contributed by atoms with Crippen molar-refractivity contribution >= 4 is 19.8 Å². The Labute approximate surface area is 113 Å². The van der Waals surface area contributed by atoms with Crippen LogP contribution in [0.3, 0.4) is 0 Å². The topological polar surface area (TPSA) is 149 Å². The molecule has 1 fully saturated rings. The zero-order valence-corrected chi connectivity index (χ0v) is 11.6. The average molecular weight is 314 g/mol. The lowest BCUT2D eigenvalue weighted by molar-refractivity contribution is -0.174. The number of phosphoric ester groups is 1. The zero-order chi connectivity index (χ0) is 15.5. The van der Waals surface area contributed by atoms with Crippen LogP contribution in [0.4, 0.5) is 0 Å². The summed E-state index contributed by atoms with van der Waals surface area (Å²) in [4.78, 5) is 39.1. The van der Waals surface area contributed by atoms with E-state index in [1.807, 2.05) is 0 Å². The van der Waals surface area contributed by atoms with Gasteiger partial charge in [-0.3, -0.25) is 14.1 Å². The van der Waals surface area contributed by atoms with Crippen molar-refractivity contribution in [2.45, 2.75) is 38.4 Å². The molecule has 1 unspecified atom stereocenters. The number of carbonyl (C=O) groups excluding carboxylic acids is 2. The molecule has 10 nitrogen and oxygen atoms in total. The van der Waals surface area contributed by atoms with Gasteiger partial charge in [-0.1, -0.05) is 0 Å². The Bertz CT molecular complexity index is 417. The van der Waals surface area contributed by atoms with Gasteiger partial charge in [0.2, 0.25) is 0 Å². The Balaban J connectivity index is 2.79. The van der Waals surface area contributed by atoms with Gasteiger partial charge in [0.1, 0.15) is 6.10 Å². The highest BCUT2D eigenvalue weighted by Gasteiger charge is 2.49. The summed E-state index contributed by atoms with van der Waals surface area (Å²) < 4.78 is 29.4. The number of aliphatic hydroxyl groups is 1. The molecule has 0 spiro atoms. The van der Waals surface area contributed by atoms with Crippen LogP contribution in [0.25, 0.3) is 0 Å². The highest BCUT2D eigenvalue weighted by atomic mass is 31.2. The largest absolute Gasteiger partial charge is 0.469 e. The summed E-state index contributed by atoms with van der Waals surface area (Å²) in [5, 5.41) is 9.58. The van der Waals surface area contributed by atoms with Crippen molar-refractivity contribution in [3.05, 3.63) is 0 Å². The first-order chi connectivity index (χ1) is 9.10. The first-order valence-electron chi connectivity index (χ1n) is 5.48. The molecule has 20 heavy (non-hydrogen) atoms. The molecule has 1 saturated heterocycles. The lowest BCUT2D eigenvalue weighted by atomic mass is 10.1. The second-order valence-electron chi connectivity index (χ2n) is 4.00. The van der Waals surface area contributed by atoms with E-state index in [0.717, 1.165) is 13.8 Å². The summed E-state index contributed by atoms with van der Waals surface area (Å²) in [7, 11) is -4.76. The number of carbonyl (C=O) groups is 2. The van der Waals surface area contributed by atoms with Crippen LogP contribution in [0.2, 0.25) is 0 Å². The Hall–Kier alpha value is -1.03. The summed E-state index contributed by atoms with van der Waals surface area (Å²) in [6.07, 6.45) is -5.33. The van der Waals surface area contributed by atoms with E-state index in [2.05, 4.69) is 4.52 Å². The van der Waals surface area contributed by atoms with Crippen molar-refractivity contribution in [2.75, 3.05) is 6.61 Å². The highest BCUT2D eigenvalue weighted by Crippen LogP contribution is 2.37. The zero-order valence-electron chi connectivity index (χ0n) is 10.7. The van der Waals surface area contributed by atoms with Crippen molar-refractivity contribution in [3.8, 4) is 0 Å². The number of esters is 2. The molecule has 1 heterocycles. The normalized spacial score (nSPS) is 30.1. The van der Waals surface area contributed by atoms with E-state index in [-0.39, 0.29) is 0 Å². The van der Waals surface area contributed by atoms with E-state index in [9.17, 15) is 19.3 Å². The molecule has 3 N–H and O–H groups in total. The predicted octanol–water partition coefficient (Wildman–Crippen LogP) is -1.32. The fourth-order valence-electron chi connectivity index (χ4n) is 1.66. The van der Waals surface area contributed by atoms with Crippen molar-refractivity contribution in [1.29, 1.82) is 0 Å². The Morgan fingerprint density at radius 2 is 1.65 bits per heavy atom.